The molecule has 1 amide bonds. The van der Waals surface area contributed by atoms with Crippen LogP contribution in [0.25, 0.3) is 0 Å². The highest BCUT2D eigenvalue weighted by molar-refractivity contribution is 9.11. The molecule has 1 aromatic heterocycles. The van der Waals surface area contributed by atoms with E-state index in [-0.39, 0.29) is 21.7 Å². The van der Waals surface area contributed by atoms with Gasteiger partial charge in [0.15, 0.2) is 5.75 Å². The van der Waals surface area contributed by atoms with Crippen molar-refractivity contribution in [3.63, 3.8) is 0 Å². The first kappa shape index (κ1) is 13.7. The van der Waals surface area contributed by atoms with Crippen molar-refractivity contribution in [2.24, 2.45) is 0 Å². The van der Waals surface area contributed by atoms with Crippen LogP contribution in [-0.2, 0) is 0 Å². The average Bonchev–Trinajstić information content (AvgIpc) is 2.72. The molecule has 0 aliphatic carbocycles. The van der Waals surface area contributed by atoms with Crippen LogP contribution in [0, 0.1) is 0 Å². The van der Waals surface area contributed by atoms with Gasteiger partial charge < -0.3 is 10.4 Å². The minimum absolute atomic E-state index is 0.0873. The molecule has 2 N–H and O–H groups in total. The van der Waals surface area contributed by atoms with Gasteiger partial charge in [0.1, 0.15) is 0 Å². The van der Waals surface area contributed by atoms with E-state index in [4.69, 9.17) is 23.2 Å². The van der Waals surface area contributed by atoms with Gasteiger partial charge in [-0.05, 0) is 34.1 Å². The Kier molecular flexibility index (Phi) is 4.17. The fourth-order valence-corrected chi connectivity index (χ4v) is 2.89. The summed E-state index contributed by atoms with van der Waals surface area (Å²) in [7, 11) is 0. The zero-order chi connectivity index (χ0) is 13.3. The number of thiophene rings is 1. The zero-order valence-electron chi connectivity index (χ0n) is 8.71. The number of nitrogens with one attached hydrogen (secondary N) is 1. The number of phenolic OH excluding ortho intramolecular Hbond substituents is 1. The van der Waals surface area contributed by atoms with Gasteiger partial charge in [0.05, 0.1) is 19.4 Å². The average molecular weight is 367 g/mol. The minimum atomic E-state index is -0.269. The molecule has 0 bridgehead atoms. The third-order valence-electron chi connectivity index (χ3n) is 2.10. The number of anilines is 1. The van der Waals surface area contributed by atoms with Gasteiger partial charge in [0.25, 0.3) is 5.91 Å². The molecule has 7 heteroatoms. The summed E-state index contributed by atoms with van der Waals surface area (Å²) in [6, 6.07) is 4.58. The van der Waals surface area contributed by atoms with E-state index in [1.807, 2.05) is 0 Å². The first-order chi connectivity index (χ1) is 8.47. The molecule has 0 aliphatic rings. The molecule has 1 heterocycles. The number of benzene rings is 1. The summed E-state index contributed by atoms with van der Waals surface area (Å²) in [5.41, 5.74) is 0.960. The molecule has 0 aliphatic heterocycles. The Hall–Kier alpha value is -0.750. The summed E-state index contributed by atoms with van der Waals surface area (Å²) in [6.45, 7) is 0. The van der Waals surface area contributed by atoms with E-state index in [0.717, 1.165) is 3.79 Å². The molecule has 1 aromatic carbocycles. The smallest absolute Gasteiger partial charge is 0.256 e. The molecule has 94 valence electrons. The molecule has 2 rings (SSSR count). The second kappa shape index (κ2) is 5.48. The summed E-state index contributed by atoms with van der Waals surface area (Å²) >= 11 is 16.2. The molecule has 0 fully saturated rings. The van der Waals surface area contributed by atoms with Crippen molar-refractivity contribution in [2.75, 3.05) is 5.32 Å². The Labute approximate surface area is 125 Å². The minimum Gasteiger partial charge on any atom is -0.505 e. The van der Waals surface area contributed by atoms with Gasteiger partial charge in [0, 0.05) is 11.1 Å². The summed E-state index contributed by atoms with van der Waals surface area (Å²) in [4.78, 5) is 11.9. The highest BCUT2D eigenvalue weighted by Crippen LogP contribution is 2.34. The number of rotatable bonds is 2. The van der Waals surface area contributed by atoms with Gasteiger partial charge in [0.2, 0.25) is 0 Å². The van der Waals surface area contributed by atoms with Crippen molar-refractivity contribution in [1.29, 1.82) is 0 Å². The largest absolute Gasteiger partial charge is 0.505 e. The van der Waals surface area contributed by atoms with E-state index in [9.17, 15) is 9.90 Å². The SMILES string of the molecule is O=C(Nc1cc(Cl)c(O)c(Cl)c1)c1csc(Br)c1. The molecular weight excluding hydrogens is 361 g/mol. The van der Waals surface area contributed by atoms with E-state index < -0.39 is 0 Å². The van der Waals surface area contributed by atoms with Gasteiger partial charge in [-0.1, -0.05) is 23.2 Å². The molecule has 0 atom stereocenters. The van der Waals surface area contributed by atoms with E-state index >= 15 is 0 Å². The van der Waals surface area contributed by atoms with Crippen LogP contribution in [0.15, 0.2) is 27.4 Å². The lowest BCUT2D eigenvalue weighted by Crippen LogP contribution is -2.10. The number of hydrogen-bond acceptors (Lipinski definition) is 3. The molecule has 3 nitrogen and oxygen atoms in total. The van der Waals surface area contributed by atoms with Gasteiger partial charge in [-0.3, -0.25) is 4.79 Å². The maximum atomic E-state index is 11.9. The summed E-state index contributed by atoms with van der Waals surface area (Å²) in [5, 5.41) is 14.0. The number of carbonyl (C=O) groups excluding carboxylic acids is 1. The maximum Gasteiger partial charge on any atom is 0.256 e. The van der Waals surface area contributed by atoms with Crippen LogP contribution >= 0.6 is 50.5 Å². The van der Waals surface area contributed by atoms with Crippen LogP contribution in [0.1, 0.15) is 10.4 Å². The second-order valence-corrected chi connectivity index (χ2v) is 6.49. The van der Waals surface area contributed by atoms with Crippen molar-refractivity contribution in [3.05, 3.63) is 43.0 Å². The third-order valence-corrected chi connectivity index (χ3v) is 4.19. The molecule has 0 spiro atoms. The van der Waals surface area contributed by atoms with Crippen LogP contribution in [0.5, 0.6) is 5.75 Å². The van der Waals surface area contributed by atoms with E-state index in [0.29, 0.717) is 11.3 Å². The van der Waals surface area contributed by atoms with Crippen molar-refractivity contribution < 1.29 is 9.90 Å². The monoisotopic (exact) mass is 365 g/mol. The first-order valence-corrected chi connectivity index (χ1v) is 7.13. The van der Waals surface area contributed by atoms with Gasteiger partial charge in [-0.2, -0.15) is 0 Å². The van der Waals surface area contributed by atoms with Crippen LogP contribution in [0.4, 0.5) is 5.69 Å². The first-order valence-electron chi connectivity index (χ1n) is 4.71. The van der Waals surface area contributed by atoms with Crippen LogP contribution in [-0.4, -0.2) is 11.0 Å². The Morgan fingerprint density at radius 2 is 1.89 bits per heavy atom. The second-order valence-electron chi connectivity index (χ2n) is 3.38. The molecule has 0 saturated heterocycles. The van der Waals surface area contributed by atoms with Gasteiger partial charge in [-0.25, -0.2) is 0 Å². The number of amides is 1. The third kappa shape index (κ3) is 2.98. The summed E-state index contributed by atoms with van der Waals surface area (Å²) < 4.78 is 0.870. The zero-order valence-corrected chi connectivity index (χ0v) is 12.6. The lowest BCUT2D eigenvalue weighted by Gasteiger charge is -2.06. The summed E-state index contributed by atoms with van der Waals surface area (Å²) in [6.07, 6.45) is 0. The number of aromatic hydroxyl groups is 1. The Morgan fingerprint density at radius 3 is 2.39 bits per heavy atom. The normalized spacial score (nSPS) is 10.4. The standard InChI is InChI=1S/C11H6BrCl2NO2S/c12-9-1-5(4-18-9)11(17)15-6-2-7(13)10(16)8(14)3-6/h1-4,16H,(H,15,17). The topological polar surface area (TPSA) is 49.3 Å². The molecule has 0 unspecified atom stereocenters. The van der Waals surface area contributed by atoms with Crippen LogP contribution in [0.3, 0.4) is 0 Å². The molecule has 0 radical (unpaired) electrons. The van der Waals surface area contributed by atoms with Gasteiger partial charge in [-0.15, -0.1) is 11.3 Å². The predicted octanol–water partition coefficient (Wildman–Crippen LogP) is 4.78. The molecule has 18 heavy (non-hydrogen) atoms. The Balaban J connectivity index is 2.22. The summed E-state index contributed by atoms with van der Waals surface area (Å²) in [5.74, 6) is -0.468. The molecule has 2 aromatic rings. The predicted molar refractivity (Wildman–Crippen MR) is 78.1 cm³/mol. The van der Waals surface area contributed by atoms with E-state index in [2.05, 4.69) is 21.2 Å². The van der Waals surface area contributed by atoms with E-state index in [1.165, 1.54) is 23.5 Å². The van der Waals surface area contributed by atoms with Crippen molar-refractivity contribution in [1.82, 2.24) is 0 Å². The molecule has 0 saturated carbocycles. The van der Waals surface area contributed by atoms with E-state index in [1.54, 1.807) is 11.4 Å². The Bertz CT molecular complexity index is 592. The van der Waals surface area contributed by atoms with Crippen molar-refractivity contribution >= 4 is 62.1 Å². The lowest BCUT2D eigenvalue weighted by molar-refractivity contribution is 0.102. The van der Waals surface area contributed by atoms with Crippen molar-refractivity contribution in [2.45, 2.75) is 0 Å². The number of phenols is 1. The fourth-order valence-electron chi connectivity index (χ4n) is 1.27. The van der Waals surface area contributed by atoms with Crippen LogP contribution < -0.4 is 5.32 Å². The van der Waals surface area contributed by atoms with Crippen LogP contribution in [0.2, 0.25) is 10.0 Å². The highest BCUT2D eigenvalue weighted by atomic mass is 79.9. The number of hydrogen-bond donors (Lipinski definition) is 2. The highest BCUT2D eigenvalue weighted by Gasteiger charge is 2.11. The van der Waals surface area contributed by atoms with Gasteiger partial charge >= 0.3 is 0 Å². The molecular formula is C11H6BrCl2NO2S. The number of halogens is 3. The number of carbonyl (C=O) groups is 1. The lowest BCUT2D eigenvalue weighted by atomic mass is 10.2. The van der Waals surface area contributed by atoms with Crippen molar-refractivity contribution in [3.8, 4) is 5.75 Å². The maximum absolute atomic E-state index is 11.9. The fraction of sp³-hybridized carbons (Fsp3) is 0. The Morgan fingerprint density at radius 1 is 1.28 bits per heavy atom. The quantitative estimate of drug-likeness (QED) is 0.751.